The highest BCUT2D eigenvalue weighted by Crippen LogP contribution is 2.31. The summed E-state index contributed by atoms with van der Waals surface area (Å²) < 4.78 is 0. The molecule has 0 aliphatic carbocycles. The number of aromatic hydroxyl groups is 1. The lowest BCUT2D eigenvalue weighted by Crippen LogP contribution is -1.95. The lowest BCUT2D eigenvalue weighted by molar-refractivity contribution is 0.475. The van der Waals surface area contributed by atoms with Crippen molar-refractivity contribution in [3.63, 3.8) is 0 Å². The van der Waals surface area contributed by atoms with Crippen molar-refractivity contribution in [1.82, 2.24) is 9.97 Å². The summed E-state index contributed by atoms with van der Waals surface area (Å²) >= 11 is 6.17. The van der Waals surface area contributed by atoms with Crippen LogP contribution in [0.25, 0.3) is 33.5 Å². The molecule has 3 nitrogen and oxygen atoms in total. The van der Waals surface area contributed by atoms with Crippen LogP contribution in [0.4, 0.5) is 0 Å². The molecule has 0 unspecified atom stereocenters. The van der Waals surface area contributed by atoms with E-state index in [1.54, 1.807) is 18.2 Å². The van der Waals surface area contributed by atoms with Crippen molar-refractivity contribution in [2.45, 2.75) is 0 Å². The summed E-state index contributed by atoms with van der Waals surface area (Å²) in [6, 6.07) is 22.5. The van der Waals surface area contributed by atoms with E-state index in [2.05, 4.69) is 4.98 Å². The lowest BCUT2D eigenvalue weighted by Gasteiger charge is -2.10. The van der Waals surface area contributed by atoms with Gasteiger partial charge in [-0.2, -0.15) is 0 Å². The zero-order chi connectivity index (χ0) is 16.5. The average Bonchev–Trinajstić information content (AvgIpc) is 2.61. The molecular weight excluding hydrogens is 320 g/mol. The molecule has 0 fully saturated rings. The summed E-state index contributed by atoms with van der Waals surface area (Å²) in [4.78, 5) is 9.38. The van der Waals surface area contributed by atoms with E-state index >= 15 is 0 Å². The Kier molecular flexibility index (Phi) is 3.63. The zero-order valence-corrected chi connectivity index (χ0v) is 13.4. The number of benzene rings is 3. The minimum absolute atomic E-state index is 0.188. The van der Waals surface area contributed by atoms with Crippen LogP contribution < -0.4 is 0 Å². The molecule has 0 amide bonds. The van der Waals surface area contributed by atoms with E-state index in [0.29, 0.717) is 10.8 Å². The van der Waals surface area contributed by atoms with Crippen molar-refractivity contribution in [2.24, 2.45) is 0 Å². The maximum absolute atomic E-state index is 9.74. The quantitative estimate of drug-likeness (QED) is 0.540. The van der Waals surface area contributed by atoms with Gasteiger partial charge < -0.3 is 5.11 Å². The Balaban J connectivity index is 2.03. The molecule has 1 aromatic heterocycles. The van der Waals surface area contributed by atoms with Crippen LogP contribution >= 0.6 is 11.6 Å². The van der Waals surface area contributed by atoms with E-state index in [0.717, 1.165) is 27.7 Å². The van der Waals surface area contributed by atoms with Gasteiger partial charge in [-0.05, 0) is 30.3 Å². The molecule has 3 aromatic carbocycles. The Morgan fingerprint density at radius 1 is 0.750 bits per heavy atom. The Morgan fingerprint density at radius 3 is 2.33 bits per heavy atom. The van der Waals surface area contributed by atoms with Gasteiger partial charge in [-0.1, -0.05) is 54.1 Å². The monoisotopic (exact) mass is 332 g/mol. The number of phenols is 1. The van der Waals surface area contributed by atoms with Crippen molar-refractivity contribution >= 4 is 22.5 Å². The molecule has 0 radical (unpaired) electrons. The molecular formula is C20H13ClN2O. The van der Waals surface area contributed by atoms with E-state index in [1.165, 1.54) is 0 Å². The van der Waals surface area contributed by atoms with E-state index in [4.69, 9.17) is 16.6 Å². The summed E-state index contributed by atoms with van der Waals surface area (Å²) in [5, 5.41) is 11.3. The smallest absolute Gasteiger partial charge is 0.160 e. The van der Waals surface area contributed by atoms with Crippen LogP contribution in [0.1, 0.15) is 0 Å². The van der Waals surface area contributed by atoms with E-state index in [9.17, 15) is 5.11 Å². The predicted octanol–water partition coefficient (Wildman–Crippen LogP) is 5.32. The van der Waals surface area contributed by atoms with Gasteiger partial charge in [0.15, 0.2) is 5.82 Å². The molecule has 4 aromatic rings. The molecule has 1 heterocycles. The molecule has 4 rings (SSSR count). The van der Waals surface area contributed by atoms with Crippen LogP contribution in [0.5, 0.6) is 5.75 Å². The predicted molar refractivity (Wildman–Crippen MR) is 97.1 cm³/mol. The Bertz CT molecular complexity index is 1030. The number of aromatic nitrogens is 2. The van der Waals surface area contributed by atoms with Crippen molar-refractivity contribution < 1.29 is 5.11 Å². The van der Waals surface area contributed by atoms with Gasteiger partial charge in [0.05, 0.1) is 11.2 Å². The third-order valence-corrected chi connectivity index (χ3v) is 4.04. The topological polar surface area (TPSA) is 46.0 Å². The highest BCUT2D eigenvalue weighted by Gasteiger charge is 2.12. The van der Waals surface area contributed by atoms with Gasteiger partial charge in [-0.3, -0.25) is 0 Å². The maximum Gasteiger partial charge on any atom is 0.160 e. The fourth-order valence-electron chi connectivity index (χ4n) is 2.69. The molecule has 0 saturated carbocycles. The molecule has 0 bridgehead atoms. The van der Waals surface area contributed by atoms with Crippen molar-refractivity contribution in [1.29, 1.82) is 0 Å². The lowest BCUT2D eigenvalue weighted by atomic mass is 10.1. The van der Waals surface area contributed by atoms with Gasteiger partial charge in [0, 0.05) is 21.5 Å². The molecule has 0 saturated heterocycles. The normalized spacial score (nSPS) is 10.9. The highest BCUT2D eigenvalue weighted by atomic mass is 35.5. The first kappa shape index (κ1) is 14.7. The average molecular weight is 333 g/mol. The number of rotatable bonds is 2. The molecule has 4 heteroatoms. The molecule has 24 heavy (non-hydrogen) atoms. The zero-order valence-electron chi connectivity index (χ0n) is 12.6. The van der Waals surface area contributed by atoms with Crippen LogP contribution in [0, 0.1) is 0 Å². The SMILES string of the molecule is Oc1cccc(-c2nc(-c3ccccc3)c3cc(Cl)ccc3n2)c1. The second-order valence-electron chi connectivity index (χ2n) is 5.47. The summed E-state index contributed by atoms with van der Waals surface area (Å²) in [7, 11) is 0. The van der Waals surface area contributed by atoms with E-state index < -0.39 is 0 Å². The number of phenolic OH excluding ortho intramolecular Hbond substituents is 1. The minimum Gasteiger partial charge on any atom is -0.508 e. The summed E-state index contributed by atoms with van der Waals surface area (Å²) in [6.45, 7) is 0. The molecule has 0 aliphatic heterocycles. The van der Waals surface area contributed by atoms with Crippen LogP contribution in [0.15, 0.2) is 72.8 Å². The molecule has 0 atom stereocenters. The van der Waals surface area contributed by atoms with Gasteiger partial charge in [0.2, 0.25) is 0 Å². The fourth-order valence-corrected chi connectivity index (χ4v) is 2.86. The third kappa shape index (κ3) is 2.70. The summed E-state index contributed by atoms with van der Waals surface area (Å²) in [5.74, 6) is 0.758. The van der Waals surface area contributed by atoms with Gasteiger partial charge in [0.25, 0.3) is 0 Å². The minimum atomic E-state index is 0.188. The van der Waals surface area contributed by atoms with Gasteiger partial charge in [-0.15, -0.1) is 0 Å². The number of hydrogen-bond acceptors (Lipinski definition) is 3. The van der Waals surface area contributed by atoms with Crippen molar-refractivity contribution in [3.05, 3.63) is 77.8 Å². The van der Waals surface area contributed by atoms with Crippen LogP contribution in [0.2, 0.25) is 5.02 Å². The fraction of sp³-hybridized carbons (Fsp3) is 0. The first-order valence-corrected chi connectivity index (χ1v) is 7.91. The van der Waals surface area contributed by atoms with Gasteiger partial charge in [-0.25, -0.2) is 9.97 Å². The maximum atomic E-state index is 9.74. The standard InChI is InChI=1S/C20H13ClN2O/c21-15-9-10-18-17(12-15)19(13-5-2-1-3-6-13)23-20(22-18)14-7-4-8-16(24)11-14/h1-12,24H. The summed E-state index contributed by atoms with van der Waals surface area (Å²) in [5.41, 5.74) is 3.39. The van der Waals surface area contributed by atoms with Gasteiger partial charge >= 0.3 is 0 Å². The van der Waals surface area contributed by atoms with Crippen LogP contribution in [0.3, 0.4) is 0 Å². The second-order valence-corrected chi connectivity index (χ2v) is 5.91. The first-order chi connectivity index (χ1) is 11.7. The number of hydrogen-bond donors (Lipinski definition) is 1. The Labute approximate surface area is 144 Å². The van der Waals surface area contributed by atoms with E-state index in [-0.39, 0.29) is 5.75 Å². The first-order valence-electron chi connectivity index (χ1n) is 7.53. The number of halogens is 1. The highest BCUT2D eigenvalue weighted by molar-refractivity contribution is 6.31. The van der Waals surface area contributed by atoms with E-state index in [1.807, 2.05) is 54.6 Å². The van der Waals surface area contributed by atoms with Crippen LogP contribution in [-0.4, -0.2) is 15.1 Å². The molecule has 116 valence electrons. The molecule has 0 spiro atoms. The number of nitrogens with zero attached hydrogens (tertiary/aromatic N) is 2. The van der Waals surface area contributed by atoms with Crippen LogP contribution in [-0.2, 0) is 0 Å². The Morgan fingerprint density at radius 2 is 1.54 bits per heavy atom. The Hall–Kier alpha value is -2.91. The largest absolute Gasteiger partial charge is 0.508 e. The number of fused-ring (bicyclic) bond motifs is 1. The summed E-state index contributed by atoms with van der Waals surface area (Å²) in [6.07, 6.45) is 0. The van der Waals surface area contributed by atoms with Gasteiger partial charge in [0.1, 0.15) is 5.75 Å². The third-order valence-electron chi connectivity index (χ3n) is 3.81. The van der Waals surface area contributed by atoms with Crippen molar-refractivity contribution in [2.75, 3.05) is 0 Å². The molecule has 1 N–H and O–H groups in total. The second kappa shape index (κ2) is 5.95. The molecule has 0 aliphatic rings. The van der Waals surface area contributed by atoms with Crippen molar-refractivity contribution in [3.8, 4) is 28.4 Å².